The van der Waals surface area contributed by atoms with Gasteiger partial charge in [-0.2, -0.15) is 4.98 Å². The fraction of sp³-hybridized carbons (Fsp3) is 0.357. The van der Waals surface area contributed by atoms with Gasteiger partial charge in [0.2, 0.25) is 5.89 Å². The summed E-state index contributed by atoms with van der Waals surface area (Å²) in [4.78, 5) is 16.2. The van der Waals surface area contributed by atoms with Crippen molar-refractivity contribution in [3.05, 3.63) is 47.1 Å². The van der Waals surface area contributed by atoms with E-state index >= 15 is 0 Å². The Morgan fingerprint density at radius 1 is 1.37 bits per heavy atom. The van der Waals surface area contributed by atoms with Gasteiger partial charge < -0.3 is 9.84 Å². The van der Waals surface area contributed by atoms with E-state index in [9.17, 15) is 4.79 Å². The van der Waals surface area contributed by atoms with Gasteiger partial charge in [0.15, 0.2) is 5.82 Å². The molecule has 1 aromatic heterocycles. The number of hydrogen-bond donors (Lipinski definition) is 1. The van der Waals surface area contributed by atoms with Gasteiger partial charge in [0.05, 0.1) is 6.54 Å². The minimum atomic E-state index is -0.125. The second-order valence-electron chi connectivity index (χ2n) is 4.35. The van der Waals surface area contributed by atoms with Crippen LogP contribution in [0.1, 0.15) is 41.0 Å². The van der Waals surface area contributed by atoms with E-state index in [2.05, 4.69) is 15.5 Å². The highest BCUT2D eigenvalue weighted by molar-refractivity contribution is 5.95. The van der Waals surface area contributed by atoms with Gasteiger partial charge in [0.1, 0.15) is 0 Å². The molecular weight excluding hydrogens is 242 g/mol. The molecule has 100 valence electrons. The highest BCUT2D eigenvalue weighted by Gasteiger charge is 2.10. The van der Waals surface area contributed by atoms with Crippen molar-refractivity contribution in [2.45, 2.75) is 33.2 Å². The fourth-order valence-electron chi connectivity index (χ4n) is 1.76. The van der Waals surface area contributed by atoms with Crippen LogP contribution in [-0.2, 0) is 13.0 Å². The number of benzene rings is 1. The van der Waals surface area contributed by atoms with Crippen molar-refractivity contribution < 1.29 is 9.32 Å². The molecule has 0 aliphatic heterocycles. The lowest BCUT2D eigenvalue weighted by molar-refractivity contribution is 0.0949. The molecule has 1 N–H and O–H groups in total. The van der Waals surface area contributed by atoms with Gasteiger partial charge in [0, 0.05) is 12.0 Å². The van der Waals surface area contributed by atoms with E-state index in [1.807, 2.05) is 32.0 Å². The molecule has 0 saturated heterocycles. The Labute approximate surface area is 112 Å². The molecule has 0 radical (unpaired) electrons. The second kappa shape index (κ2) is 6.13. The van der Waals surface area contributed by atoms with Gasteiger partial charge in [-0.15, -0.1) is 0 Å². The Morgan fingerprint density at radius 3 is 2.89 bits per heavy atom. The Bertz CT molecular complexity index is 563. The van der Waals surface area contributed by atoms with Crippen LogP contribution in [0.3, 0.4) is 0 Å². The summed E-state index contributed by atoms with van der Waals surface area (Å²) in [5.74, 6) is 0.993. The Morgan fingerprint density at radius 2 is 2.16 bits per heavy atom. The minimum Gasteiger partial charge on any atom is -0.345 e. The Kier molecular flexibility index (Phi) is 4.28. The van der Waals surface area contributed by atoms with E-state index in [1.54, 1.807) is 6.07 Å². The lowest BCUT2D eigenvalue weighted by atomic mass is 10.1. The van der Waals surface area contributed by atoms with E-state index in [0.717, 1.165) is 18.4 Å². The number of rotatable bonds is 5. The first-order valence-corrected chi connectivity index (χ1v) is 6.36. The lowest BCUT2D eigenvalue weighted by Crippen LogP contribution is -2.24. The number of aryl methyl sites for hydroxylation is 2. The smallest absolute Gasteiger partial charge is 0.251 e. The topological polar surface area (TPSA) is 68.0 Å². The van der Waals surface area contributed by atoms with Gasteiger partial charge >= 0.3 is 0 Å². The SMILES string of the molecule is CCCc1nc(CNC(=O)c2ccccc2C)no1. The number of hydrogen-bond acceptors (Lipinski definition) is 4. The third kappa shape index (κ3) is 3.40. The number of aromatic nitrogens is 2. The quantitative estimate of drug-likeness (QED) is 0.894. The third-order valence-corrected chi connectivity index (χ3v) is 2.77. The monoisotopic (exact) mass is 259 g/mol. The molecule has 1 heterocycles. The number of nitrogens with one attached hydrogen (secondary N) is 1. The average molecular weight is 259 g/mol. The molecule has 0 saturated carbocycles. The van der Waals surface area contributed by atoms with Crippen LogP contribution >= 0.6 is 0 Å². The van der Waals surface area contributed by atoms with Crippen molar-refractivity contribution in [2.24, 2.45) is 0 Å². The molecule has 0 aliphatic rings. The second-order valence-corrected chi connectivity index (χ2v) is 4.35. The lowest BCUT2D eigenvalue weighted by Gasteiger charge is -2.05. The molecule has 2 rings (SSSR count). The molecule has 0 bridgehead atoms. The van der Waals surface area contributed by atoms with Crippen LogP contribution in [0.4, 0.5) is 0 Å². The van der Waals surface area contributed by atoms with E-state index in [4.69, 9.17) is 4.52 Å². The maximum Gasteiger partial charge on any atom is 0.251 e. The molecule has 1 amide bonds. The van der Waals surface area contributed by atoms with Crippen LogP contribution in [0.2, 0.25) is 0 Å². The average Bonchev–Trinajstić information content (AvgIpc) is 2.85. The molecule has 0 aliphatic carbocycles. The number of carbonyl (C=O) groups excluding carboxylic acids is 1. The van der Waals surface area contributed by atoms with E-state index in [0.29, 0.717) is 17.3 Å². The van der Waals surface area contributed by atoms with Gasteiger partial charge in [-0.3, -0.25) is 4.79 Å². The normalized spacial score (nSPS) is 10.4. The highest BCUT2D eigenvalue weighted by atomic mass is 16.5. The zero-order valence-corrected chi connectivity index (χ0v) is 11.1. The number of amides is 1. The Hall–Kier alpha value is -2.17. The van der Waals surface area contributed by atoms with Crippen LogP contribution in [0.5, 0.6) is 0 Å². The van der Waals surface area contributed by atoms with Crippen molar-refractivity contribution in [1.82, 2.24) is 15.5 Å². The molecule has 5 nitrogen and oxygen atoms in total. The van der Waals surface area contributed by atoms with Gasteiger partial charge in [0.25, 0.3) is 5.91 Å². The van der Waals surface area contributed by atoms with Crippen LogP contribution in [-0.4, -0.2) is 16.0 Å². The van der Waals surface area contributed by atoms with Gasteiger partial charge in [-0.25, -0.2) is 0 Å². The molecule has 0 unspecified atom stereocenters. The summed E-state index contributed by atoms with van der Waals surface area (Å²) in [5, 5.41) is 6.61. The van der Waals surface area contributed by atoms with Gasteiger partial charge in [-0.05, 0) is 25.0 Å². The predicted molar refractivity (Wildman–Crippen MR) is 70.6 cm³/mol. The maximum absolute atomic E-state index is 12.0. The van der Waals surface area contributed by atoms with Crippen LogP contribution in [0.25, 0.3) is 0 Å². The predicted octanol–water partition coefficient (Wildman–Crippen LogP) is 2.26. The molecular formula is C14H17N3O2. The minimum absolute atomic E-state index is 0.125. The summed E-state index contributed by atoms with van der Waals surface area (Å²) >= 11 is 0. The molecule has 0 atom stereocenters. The summed E-state index contributed by atoms with van der Waals surface area (Å²) in [5.41, 5.74) is 1.61. The summed E-state index contributed by atoms with van der Waals surface area (Å²) in [6, 6.07) is 7.45. The molecule has 0 fully saturated rings. The largest absolute Gasteiger partial charge is 0.345 e. The van der Waals surface area contributed by atoms with Crippen LogP contribution in [0.15, 0.2) is 28.8 Å². The number of carbonyl (C=O) groups is 1. The fourth-order valence-corrected chi connectivity index (χ4v) is 1.76. The summed E-state index contributed by atoms with van der Waals surface area (Å²) in [6.45, 7) is 4.23. The molecule has 2 aromatic rings. The Balaban J connectivity index is 1.95. The zero-order valence-electron chi connectivity index (χ0n) is 11.1. The van der Waals surface area contributed by atoms with Crippen molar-refractivity contribution >= 4 is 5.91 Å². The summed E-state index contributed by atoms with van der Waals surface area (Å²) in [7, 11) is 0. The molecule has 1 aromatic carbocycles. The zero-order chi connectivity index (χ0) is 13.7. The molecule has 0 spiro atoms. The van der Waals surface area contributed by atoms with E-state index in [1.165, 1.54) is 0 Å². The van der Waals surface area contributed by atoms with Crippen molar-refractivity contribution in [3.8, 4) is 0 Å². The molecule has 19 heavy (non-hydrogen) atoms. The van der Waals surface area contributed by atoms with Crippen molar-refractivity contribution in [3.63, 3.8) is 0 Å². The summed E-state index contributed by atoms with van der Waals surface area (Å²) in [6.07, 6.45) is 1.72. The number of nitrogens with zero attached hydrogens (tertiary/aromatic N) is 2. The van der Waals surface area contributed by atoms with E-state index < -0.39 is 0 Å². The van der Waals surface area contributed by atoms with Gasteiger partial charge in [-0.1, -0.05) is 30.3 Å². The first-order chi connectivity index (χ1) is 9.20. The third-order valence-electron chi connectivity index (χ3n) is 2.77. The first kappa shape index (κ1) is 13.3. The van der Waals surface area contributed by atoms with E-state index in [-0.39, 0.29) is 12.5 Å². The first-order valence-electron chi connectivity index (χ1n) is 6.36. The van der Waals surface area contributed by atoms with Crippen LogP contribution < -0.4 is 5.32 Å². The van der Waals surface area contributed by atoms with Crippen molar-refractivity contribution in [1.29, 1.82) is 0 Å². The summed E-state index contributed by atoms with van der Waals surface area (Å²) < 4.78 is 5.05. The molecule has 5 heteroatoms. The van der Waals surface area contributed by atoms with Crippen molar-refractivity contribution in [2.75, 3.05) is 0 Å². The maximum atomic E-state index is 12.0. The highest BCUT2D eigenvalue weighted by Crippen LogP contribution is 2.07. The van der Waals surface area contributed by atoms with Crippen LogP contribution in [0, 0.1) is 6.92 Å². The standard InChI is InChI=1S/C14H17N3O2/c1-3-6-13-16-12(17-19-13)9-15-14(18)11-8-5-4-7-10(11)2/h4-5,7-8H,3,6,9H2,1-2H3,(H,15,18).